The summed E-state index contributed by atoms with van der Waals surface area (Å²) in [5, 5.41) is 26.7. The Bertz CT molecular complexity index is 4010. The van der Waals surface area contributed by atoms with Gasteiger partial charge in [0.25, 0.3) is 0 Å². The first-order chi connectivity index (χ1) is 40.7. The van der Waals surface area contributed by atoms with Crippen LogP contribution in [0.25, 0.3) is 50.7 Å². The lowest BCUT2D eigenvalue weighted by Gasteiger charge is -2.20. The second-order valence-electron chi connectivity index (χ2n) is 21.8. The molecule has 9 aromatic rings. The maximum absolute atomic E-state index is 13.3. The summed E-state index contributed by atoms with van der Waals surface area (Å²) < 4.78 is 24.2. The van der Waals surface area contributed by atoms with E-state index in [1.54, 1.807) is 43.7 Å². The number of aromatic nitrogens is 9. The Hall–Kier alpha value is -8.82. The van der Waals surface area contributed by atoms with Crippen molar-refractivity contribution in [2.45, 2.75) is 92.8 Å². The third kappa shape index (κ3) is 13.3. The van der Waals surface area contributed by atoms with E-state index in [0.717, 1.165) is 154 Å². The Kier molecular flexibility index (Phi) is 17.6. The van der Waals surface area contributed by atoms with Gasteiger partial charge in [-0.1, -0.05) is 54.0 Å². The first-order valence-corrected chi connectivity index (χ1v) is 28.9. The molecule has 3 aliphatic heterocycles. The van der Waals surface area contributed by atoms with Gasteiger partial charge in [0.05, 0.1) is 64.0 Å². The van der Waals surface area contributed by atoms with Gasteiger partial charge >= 0.3 is 0 Å². The molecule has 3 amide bonds. The van der Waals surface area contributed by atoms with Crippen molar-refractivity contribution in [1.82, 2.24) is 59.7 Å². The standard InChI is InChI=1S/C22H25ClN6O.C21H25N5O2.C19H19ClFN5O/c1-13(2)24-17-7-5-6-16(10-17)21-14(3)25-22-19(11-20(23)27-29(21)22)28-9-8-18(12-28)26-15(4)30;1-13-10-19(25-9-8-17(12-25)23-15(3)27)21-22-14(2)20(26(21)24-13)16-6-5-7-18(11-16)28-4;1-11-18(13-3-5-14(21)6-4-13)26-19(22-11)16(9-17(20)24-26)25-8-7-15(10-25)23-12(2)27/h5-7,10-11,18,24H,1,8-9,12H2,2-4H3,(H,26,30);5-7,10-11,17H,8-9,12H2,1-4H3,(H,23,27);3-6,9,15H,7-8,10H2,1-2H3,(H,23,27)/t18-;17-;15-/m111/s1. The number of nitrogens with one attached hydrogen (secondary N) is 4. The average molecular weight is 1190 g/mol. The van der Waals surface area contributed by atoms with E-state index in [9.17, 15) is 18.8 Å². The largest absolute Gasteiger partial charge is 0.497 e. The van der Waals surface area contributed by atoms with Gasteiger partial charge < -0.3 is 40.7 Å². The number of nitrogens with zero attached hydrogens (tertiary/aromatic N) is 12. The molecule has 0 spiro atoms. The molecule has 23 heteroatoms. The quantitative estimate of drug-likeness (QED) is 0.0898. The number of carbonyl (C=O) groups is 3. The van der Waals surface area contributed by atoms with E-state index in [-0.39, 0.29) is 41.7 Å². The van der Waals surface area contributed by atoms with Crippen molar-refractivity contribution in [3.05, 3.63) is 142 Å². The number of amides is 3. The molecule has 12 rings (SSSR count). The maximum atomic E-state index is 13.3. The number of ether oxygens (including phenoxy) is 1. The summed E-state index contributed by atoms with van der Waals surface area (Å²) in [6.45, 7) is 23.0. The lowest BCUT2D eigenvalue weighted by atomic mass is 10.1. The van der Waals surface area contributed by atoms with Gasteiger partial charge in [0.15, 0.2) is 27.2 Å². The fourth-order valence-electron chi connectivity index (χ4n) is 11.6. The molecular formula is C62H69Cl2FN16O4. The molecular weight excluding hydrogens is 1120 g/mol. The molecule has 20 nitrogen and oxygen atoms in total. The van der Waals surface area contributed by atoms with Crippen LogP contribution in [-0.4, -0.2) is 126 Å². The molecule has 0 radical (unpaired) electrons. The smallest absolute Gasteiger partial charge is 0.217 e. The minimum absolute atomic E-state index is 0.0121. The van der Waals surface area contributed by atoms with Crippen LogP contribution in [0.3, 0.4) is 0 Å². The summed E-state index contributed by atoms with van der Waals surface area (Å²) in [6.07, 6.45) is 2.67. The normalized spacial score (nSPS) is 16.5. The number of carbonyl (C=O) groups excluding carboxylic acids is 3. The zero-order valence-electron chi connectivity index (χ0n) is 49.1. The first kappa shape index (κ1) is 59.3. The molecule has 3 aliphatic rings. The van der Waals surface area contributed by atoms with E-state index in [1.807, 2.05) is 92.2 Å². The zero-order chi connectivity index (χ0) is 60.4. The Morgan fingerprint density at radius 2 is 0.965 bits per heavy atom. The molecule has 442 valence electrons. The van der Waals surface area contributed by atoms with Crippen LogP contribution < -0.4 is 40.7 Å². The topological polar surface area (TPSA) is 209 Å². The van der Waals surface area contributed by atoms with Crippen LogP contribution in [0.15, 0.2) is 103 Å². The van der Waals surface area contributed by atoms with Crippen LogP contribution in [0.5, 0.6) is 5.75 Å². The SMILES string of the molecule is C=C(C)Nc1cccc(-c2c(C)nc3c(N4CC[C@@H](NC(C)=O)C4)cc(Cl)nn23)c1.CC(=O)N[C@@H]1CCN(c2cc(Cl)nn3c(-c4ccc(F)cc4)c(C)nc23)C1.COc1cccc(-c2c(C)nc3c(N4CC[C@@H](NC(C)=O)C4)cc(C)nn23)c1. The average Bonchev–Trinajstić information content (AvgIpc) is 2.36. The third-order valence-corrected chi connectivity index (χ3v) is 15.4. The molecule has 0 bridgehead atoms. The van der Waals surface area contributed by atoms with E-state index < -0.39 is 0 Å². The molecule has 0 saturated carbocycles. The minimum Gasteiger partial charge on any atom is -0.497 e. The van der Waals surface area contributed by atoms with E-state index >= 15 is 0 Å². The molecule has 3 aromatic carbocycles. The minimum atomic E-state index is -0.294. The lowest BCUT2D eigenvalue weighted by Crippen LogP contribution is -2.35. The van der Waals surface area contributed by atoms with E-state index in [1.165, 1.54) is 19.1 Å². The Morgan fingerprint density at radius 1 is 0.553 bits per heavy atom. The lowest BCUT2D eigenvalue weighted by molar-refractivity contribution is -0.120. The number of fused-ring (bicyclic) bond motifs is 3. The van der Waals surface area contributed by atoms with Gasteiger partial charge in [-0.05, 0) is 108 Å². The van der Waals surface area contributed by atoms with Crippen molar-refractivity contribution in [2.24, 2.45) is 0 Å². The number of halogens is 3. The number of allylic oxidation sites excluding steroid dienone is 1. The predicted octanol–water partition coefficient (Wildman–Crippen LogP) is 9.97. The monoisotopic (exact) mass is 1190 g/mol. The Labute approximate surface area is 502 Å². The maximum Gasteiger partial charge on any atom is 0.217 e. The number of hydrogen-bond donors (Lipinski definition) is 4. The van der Waals surface area contributed by atoms with Crippen LogP contribution in [0.1, 0.15) is 69.7 Å². The van der Waals surface area contributed by atoms with Crippen molar-refractivity contribution >= 4 is 80.6 Å². The second-order valence-corrected chi connectivity index (χ2v) is 22.6. The number of methoxy groups -OCH3 is 1. The van der Waals surface area contributed by atoms with Crippen molar-refractivity contribution in [1.29, 1.82) is 0 Å². The highest BCUT2D eigenvalue weighted by atomic mass is 35.5. The first-order valence-electron chi connectivity index (χ1n) is 28.2. The van der Waals surface area contributed by atoms with Crippen molar-refractivity contribution in [3.8, 4) is 39.5 Å². The van der Waals surface area contributed by atoms with Gasteiger partial charge in [0.1, 0.15) is 11.6 Å². The third-order valence-electron chi connectivity index (χ3n) is 15.0. The van der Waals surface area contributed by atoms with Gasteiger partial charge in [0, 0.05) is 118 Å². The van der Waals surface area contributed by atoms with Gasteiger partial charge in [-0.15, -0.1) is 0 Å². The van der Waals surface area contributed by atoms with Gasteiger partial charge in [0.2, 0.25) is 17.7 Å². The zero-order valence-corrected chi connectivity index (χ0v) is 50.6. The molecule has 0 unspecified atom stereocenters. The van der Waals surface area contributed by atoms with Crippen LogP contribution >= 0.6 is 23.2 Å². The fourth-order valence-corrected chi connectivity index (χ4v) is 12.0. The highest BCUT2D eigenvalue weighted by Crippen LogP contribution is 2.36. The summed E-state index contributed by atoms with van der Waals surface area (Å²) in [5.41, 5.74) is 15.9. The molecule has 4 N–H and O–H groups in total. The molecule has 3 atom stereocenters. The number of hydrogen-bond acceptors (Lipinski definition) is 14. The van der Waals surface area contributed by atoms with Crippen molar-refractivity contribution in [3.63, 3.8) is 0 Å². The van der Waals surface area contributed by atoms with E-state index in [4.69, 9.17) is 48.0 Å². The summed E-state index contributed by atoms with van der Waals surface area (Å²) in [7, 11) is 1.67. The Balaban J connectivity index is 0.000000142. The summed E-state index contributed by atoms with van der Waals surface area (Å²) in [6, 6.07) is 28.4. The van der Waals surface area contributed by atoms with Gasteiger partial charge in [-0.25, -0.2) is 32.9 Å². The van der Waals surface area contributed by atoms with Crippen LogP contribution in [0.4, 0.5) is 27.1 Å². The van der Waals surface area contributed by atoms with Crippen LogP contribution in [0, 0.1) is 33.5 Å². The Morgan fingerprint density at radius 3 is 1.40 bits per heavy atom. The highest BCUT2D eigenvalue weighted by Gasteiger charge is 2.30. The molecule has 3 fully saturated rings. The van der Waals surface area contributed by atoms with Crippen molar-refractivity contribution < 1.29 is 23.5 Å². The molecule has 6 aromatic heterocycles. The molecule has 0 aliphatic carbocycles. The molecule has 9 heterocycles. The number of benzene rings is 3. The fraction of sp³-hybridized carbons (Fsp3) is 0.339. The van der Waals surface area contributed by atoms with Crippen molar-refractivity contribution in [2.75, 3.05) is 66.4 Å². The summed E-state index contributed by atoms with van der Waals surface area (Å²) in [5.74, 6) is 0.479. The number of rotatable bonds is 12. The number of aryl methyl sites for hydroxylation is 4. The number of anilines is 4. The van der Waals surface area contributed by atoms with Crippen LogP contribution in [-0.2, 0) is 14.4 Å². The molecule has 3 saturated heterocycles. The summed E-state index contributed by atoms with van der Waals surface area (Å²) in [4.78, 5) is 55.2. The van der Waals surface area contributed by atoms with E-state index in [0.29, 0.717) is 22.5 Å². The number of imidazole rings is 3. The summed E-state index contributed by atoms with van der Waals surface area (Å²) >= 11 is 12.7. The van der Waals surface area contributed by atoms with Crippen LogP contribution in [0.2, 0.25) is 10.3 Å². The molecule has 85 heavy (non-hydrogen) atoms. The predicted molar refractivity (Wildman–Crippen MR) is 332 cm³/mol. The highest BCUT2D eigenvalue weighted by molar-refractivity contribution is 6.30. The van der Waals surface area contributed by atoms with Gasteiger partial charge in [-0.2, -0.15) is 15.3 Å². The van der Waals surface area contributed by atoms with E-state index in [2.05, 4.69) is 64.9 Å². The van der Waals surface area contributed by atoms with Gasteiger partial charge in [-0.3, -0.25) is 14.4 Å². The second kappa shape index (κ2) is 25.2.